The lowest BCUT2D eigenvalue weighted by Gasteiger charge is -2.24. The summed E-state index contributed by atoms with van der Waals surface area (Å²) in [5.74, 6) is 0. The lowest BCUT2D eigenvalue weighted by atomic mass is 10.1. The molecular formula is C10H17F3NO2. The van der Waals surface area contributed by atoms with Crippen LogP contribution in [-0.4, -0.2) is 23.9 Å². The Kier molecular flexibility index (Phi) is 5.09. The molecule has 3 nitrogen and oxygen atoms in total. The van der Waals surface area contributed by atoms with Gasteiger partial charge in [0.25, 0.3) is 0 Å². The molecule has 0 aliphatic rings. The van der Waals surface area contributed by atoms with Crippen molar-refractivity contribution >= 4 is 6.09 Å². The van der Waals surface area contributed by atoms with Crippen molar-refractivity contribution in [3.8, 4) is 0 Å². The van der Waals surface area contributed by atoms with E-state index in [1.54, 1.807) is 26.1 Å². The first-order chi connectivity index (χ1) is 7.06. The molecule has 0 fully saturated rings. The number of nitrogens with one attached hydrogen (secondary N) is 1. The molecule has 0 saturated heterocycles. The standard InChI is InChI=1S/C10H17F3NO2/c1-5-6-7(10(11,12)13)14-8(15)16-9(2,3)4/h7H,1,5-6H2,2-4H3,(H,14,15). The van der Waals surface area contributed by atoms with Crippen molar-refractivity contribution in [3.05, 3.63) is 6.92 Å². The molecule has 1 atom stereocenters. The largest absolute Gasteiger partial charge is 0.444 e. The van der Waals surface area contributed by atoms with Crippen LogP contribution >= 0.6 is 0 Å². The monoisotopic (exact) mass is 240 g/mol. The molecule has 0 bridgehead atoms. The fourth-order valence-electron chi connectivity index (χ4n) is 0.972. The molecule has 0 aliphatic carbocycles. The second-order valence-corrected chi connectivity index (χ2v) is 4.38. The Morgan fingerprint density at radius 3 is 2.19 bits per heavy atom. The number of rotatable bonds is 3. The van der Waals surface area contributed by atoms with E-state index in [4.69, 9.17) is 4.74 Å². The molecule has 0 saturated carbocycles. The number of carbonyl (C=O) groups excluding carboxylic acids is 1. The number of hydrogen-bond donors (Lipinski definition) is 1. The molecule has 16 heavy (non-hydrogen) atoms. The van der Waals surface area contributed by atoms with Gasteiger partial charge in [0.2, 0.25) is 0 Å². The van der Waals surface area contributed by atoms with Gasteiger partial charge in [-0.15, -0.1) is 0 Å². The molecule has 0 spiro atoms. The normalized spacial score (nSPS) is 14.4. The predicted octanol–water partition coefficient (Wildman–Crippen LogP) is 3.06. The third-order valence-corrected chi connectivity index (χ3v) is 1.58. The SMILES string of the molecule is [CH2]CCC(NC(=O)OC(C)(C)C)C(F)(F)F. The average molecular weight is 240 g/mol. The fourth-order valence-corrected chi connectivity index (χ4v) is 0.972. The number of ether oxygens (including phenoxy) is 1. The van der Waals surface area contributed by atoms with Crippen molar-refractivity contribution in [2.75, 3.05) is 0 Å². The van der Waals surface area contributed by atoms with Crippen molar-refractivity contribution in [3.63, 3.8) is 0 Å². The Hall–Kier alpha value is -0.940. The highest BCUT2D eigenvalue weighted by molar-refractivity contribution is 5.68. The molecule has 1 unspecified atom stereocenters. The summed E-state index contributed by atoms with van der Waals surface area (Å²) in [6.45, 7) is 8.07. The zero-order chi connectivity index (χ0) is 13.0. The third-order valence-electron chi connectivity index (χ3n) is 1.58. The second-order valence-electron chi connectivity index (χ2n) is 4.38. The molecule has 0 aliphatic heterocycles. The van der Waals surface area contributed by atoms with E-state index in [1.807, 2.05) is 0 Å². The van der Waals surface area contributed by atoms with Crippen molar-refractivity contribution in [1.29, 1.82) is 0 Å². The highest BCUT2D eigenvalue weighted by Crippen LogP contribution is 2.23. The zero-order valence-corrected chi connectivity index (χ0v) is 9.65. The summed E-state index contributed by atoms with van der Waals surface area (Å²) in [4.78, 5) is 11.1. The summed E-state index contributed by atoms with van der Waals surface area (Å²) in [7, 11) is 0. The number of alkyl carbamates (subject to hydrolysis) is 1. The maximum atomic E-state index is 12.4. The van der Waals surface area contributed by atoms with Crippen LogP contribution in [0.5, 0.6) is 0 Å². The Morgan fingerprint density at radius 2 is 1.88 bits per heavy atom. The molecular weight excluding hydrogens is 223 g/mol. The summed E-state index contributed by atoms with van der Waals surface area (Å²) in [5, 5.41) is 1.79. The van der Waals surface area contributed by atoms with Gasteiger partial charge in [-0.2, -0.15) is 13.2 Å². The average Bonchev–Trinajstić information content (AvgIpc) is 1.97. The van der Waals surface area contributed by atoms with E-state index < -0.39 is 23.9 Å². The molecule has 0 aromatic heterocycles. The minimum absolute atomic E-state index is 0.0833. The molecule has 1 N–H and O–H groups in total. The van der Waals surface area contributed by atoms with Gasteiger partial charge in [-0.05, 0) is 27.2 Å². The molecule has 95 valence electrons. The number of carbonyl (C=O) groups is 1. The molecule has 0 aromatic rings. The smallest absolute Gasteiger partial charge is 0.408 e. The van der Waals surface area contributed by atoms with E-state index in [0.29, 0.717) is 0 Å². The van der Waals surface area contributed by atoms with E-state index >= 15 is 0 Å². The molecule has 0 heterocycles. The number of alkyl halides is 3. The summed E-state index contributed by atoms with van der Waals surface area (Å²) in [6, 6.07) is -1.90. The Balaban J connectivity index is 4.36. The number of halogens is 3. The first-order valence-corrected chi connectivity index (χ1v) is 4.91. The predicted molar refractivity (Wildman–Crippen MR) is 53.8 cm³/mol. The molecule has 1 amide bonds. The van der Waals surface area contributed by atoms with Gasteiger partial charge >= 0.3 is 12.3 Å². The van der Waals surface area contributed by atoms with E-state index in [1.165, 1.54) is 0 Å². The highest BCUT2D eigenvalue weighted by Gasteiger charge is 2.40. The van der Waals surface area contributed by atoms with Crippen LogP contribution in [-0.2, 0) is 4.74 Å². The van der Waals surface area contributed by atoms with E-state index in [-0.39, 0.29) is 12.8 Å². The number of amides is 1. The van der Waals surface area contributed by atoms with Gasteiger partial charge in [-0.3, -0.25) is 0 Å². The van der Waals surface area contributed by atoms with E-state index in [0.717, 1.165) is 0 Å². The number of hydrogen-bond acceptors (Lipinski definition) is 2. The minimum atomic E-state index is -4.48. The van der Waals surface area contributed by atoms with E-state index in [9.17, 15) is 18.0 Å². The van der Waals surface area contributed by atoms with Crippen LogP contribution in [0.2, 0.25) is 0 Å². The summed E-state index contributed by atoms with van der Waals surface area (Å²) >= 11 is 0. The lowest BCUT2D eigenvalue weighted by molar-refractivity contribution is -0.156. The molecule has 0 aromatic carbocycles. The van der Waals surface area contributed by atoms with Crippen molar-refractivity contribution in [1.82, 2.24) is 5.32 Å². The van der Waals surface area contributed by atoms with Crippen LogP contribution in [0.25, 0.3) is 0 Å². The van der Waals surface area contributed by atoms with Gasteiger partial charge in [-0.1, -0.05) is 13.3 Å². The first kappa shape index (κ1) is 15.1. The zero-order valence-electron chi connectivity index (χ0n) is 9.65. The Bertz CT molecular complexity index is 233. The lowest BCUT2D eigenvalue weighted by Crippen LogP contribution is -2.47. The topological polar surface area (TPSA) is 38.3 Å². The van der Waals surface area contributed by atoms with Crippen molar-refractivity contribution in [2.45, 2.75) is 51.4 Å². The van der Waals surface area contributed by atoms with Crippen molar-refractivity contribution in [2.24, 2.45) is 0 Å². The van der Waals surface area contributed by atoms with Crippen LogP contribution in [0.4, 0.5) is 18.0 Å². The van der Waals surface area contributed by atoms with Crippen molar-refractivity contribution < 1.29 is 22.7 Å². The molecule has 6 heteroatoms. The maximum absolute atomic E-state index is 12.4. The Morgan fingerprint density at radius 1 is 1.38 bits per heavy atom. The first-order valence-electron chi connectivity index (χ1n) is 4.91. The van der Waals surface area contributed by atoms with Gasteiger partial charge in [0.15, 0.2) is 0 Å². The molecule has 1 radical (unpaired) electrons. The van der Waals surface area contributed by atoms with Crippen LogP contribution in [0.15, 0.2) is 0 Å². The van der Waals surface area contributed by atoms with Gasteiger partial charge < -0.3 is 10.1 Å². The van der Waals surface area contributed by atoms with Gasteiger partial charge in [-0.25, -0.2) is 4.79 Å². The van der Waals surface area contributed by atoms with Crippen LogP contribution in [0, 0.1) is 6.92 Å². The van der Waals surface area contributed by atoms with Gasteiger partial charge in [0, 0.05) is 0 Å². The third kappa shape index (κ3) is 6.53. The summed E-state index contributed by atoms with van der Waals surface area (Å²) in [6.07, 6.45) is -5.72. The fraction of sp³-hybridized carbons (Fsp3) is 0.800. The quantitative estimate of drug-likeness (QED) is 0.823. The Labute approximate surface area is 93.3 Å². The van der Waals surface area contributed by atoms with Crippen LogP contribution in [0.1, 0.15) is 33.6 Å². The summed E-state index contributed by atoms with van der Waals surface area (Å²) in [5.41, 5.74) is -0.815. The maximum Gasteiger partial charge on any atom is 0.408 e. The van der Waals surface area contributed by atoms with Gasteiger partial charge in [0.1, 0.15) is 11.6 Å². The minimum Gasteiger partial charge on any atom is -0.444 e. The van der Waals surface area contributed by atoms with E-state index in [2.05, 4.69) is 6.92 Å². The summed E-state index contributed by atoms with van der Waals surface area (Å²) < 4.78 is 41.9. The highest BCUT2D eigenvalue weighted by atomic mass is 19.4. The van der Waals surface area contributed by atoms with Crippen LogP contribution in [0.3, 0.4) is 0 Å². The van der Waals surface area contributed by atoms with Gasteiger partial charge in [0.05, 0.1) is 0 Å². The van der Waals surface area contributed by atoms with Crippen LogP contribution < -0.4 is 5.32 Å². The second kappa shape index (κ2) is 5.41. The molecule has 0 rings (SSSR count).